The number of nitrogens with zero attached hydrogens (tertiary/aromatic N) is 1. The molecule has 2 amide bonds. The Morgan fingerprint density at radius 3 is 2.32 bits per heavy atom. The van der Waals surface area contributed by atoms with Crippen molar-refractivity contribution in [3.63, 3.8) is 0 Å². The molecule has 0 aromatic heterocycles. The van der Waals surface area contributed by atoms with E-state index < -0.39 is 6.04 Å². The van der Waals surface area contributed by atoms with Gasteiger partial charge in [-0.1, -0.05) is 49.4 Å². The third kappa shape index (κ3) is 5.84. The molecular formula is C23H30N2O3. The number of rotatable bonds is 9. The third-order valence-corrected chi connectivity index (χ3v) is 4.76. The summed E-state index contributed by atoms with van der Waals surface area (Å²) in [5.41, 5.74) is 3.07. The summed E-state index contributed by atoms with van der Waals surface area (Å²) in [6.45, 7) is 8.54. The minimum Gasteiger partial charge on any atom is -0.484 e. The molecule has 28 heavy (non-hydrogen) atoms. The van der Waals surface area contributed by atoms with Gasteiger partial charge in [0.15, 0.2) is 6.61 Å². The van der Waals surface area contributed by atoms with E-state index in [9.17, 15) is 9.59 Å². The monoisotopic (exact) mass is 382 g/mol. The average molecular weight is 383 g/mol. The van der Waals surface area contributed by atoms with Crippen LogP contribution in [-0.2, 0) is 16.1 Å². The van der Waals surface area contributed by atoms with E-state index in [1.807, 2.05) is 69.3 Å². The van der Waals surface area contributed by atoms with Crippen molar-refractivity contribution in [3.8, 4) is 5.75 Å². The molecule has 5 heteroatoms. The van der Waals surface area contributed by atoms with Gasteiger partial charge in [0.1, 0.15) is 11.8 Å². The van der Waals surface area contributed by atoms with Gasteiger partial charge in [0.05, 0.1) is 0 Å². The molecule has 0 saturated carbocycles. The highest BCUT2D eigenvalue weighted by atomic mass is 16.5. The van der Waals surface area contributed by atoms with E-state index in [2.05, 4.69) is 5.32 Å². The van der Waals surface area contributed by atoms with Crippen LogP contribution in [0.5, 0.6) is 5.75 Å². The molecule has 0 bridgehead atoms. The van der Waals surface area contributed by atoms with Crippen LogP contribution in [-0.4, -0.2) is 35.9 Å². The van der Waals surface area contributed by atoms with Crippen LogP contribution in [0.3, 0.4) is 0 Å². The lowest BCUT2D eigenvalue weighted by Gasteiger charge is -2.29. The van der Waals surface area contributed by atoms with Crippen molar-refractivity contribution in [2.24, 2.45) is 0 Å². The quantitative estimate of drug-likeness (QED) is 0.721. The second kappa shape index (κ2) is 10.5. The van der Waals surface area contributed by atoms with Crippen LogP contribution in [0.1, 0.15) is 37.0 Å². The third-order valence-electron chi connectivity index (χ3n) is 4.76. The smallest absolute Gasteiger partial charge is 0.261 e. The second-order valence-corrected chi connectivity index (χ2v) is 6.97. The Balaban J connectivity index is 2.16. The summed E-state index contributed by atoms with van der Waals surface area (Å²) in [6.07, 6.45) is 0.848. The second-order valence-electron chi connectivity index (χ2n) is 6.97. The number of carbonyl (C=O) groups excluding carboxylic acids is 2. The van der Waals surface area contributed by atoms with Crippen LogP contribution in [0.25, 0.3) is 0 Å². The topological polar surface area (TPSA) is 58.6 Å². The van der Waals surface area contributed by atoms with Crippen molar-refractivity contribution in [2.75, 3.05) is 13.2 Å². The van der Waals surface area contributed by atoms with Crippen LogP contribution < -0.4 is 10.1 Å². The van der Waals surface area contributed by atoms with E-state index >= 15 is 0 Å². The van der Waals surface area contributed by atoms with Gasteiger partial charge in [-0.3, -0.25) is 9.59 Å². The Bertz CT molecular complexity index is 804. The lowest BCUT2D eigenvalue weighted by atomic mass is 10.1. The number of amides is 2. The minimum atomic E-state index is -0.584. The molecule has 0 heterocycles. The van der Waals surface area contributed by atoms with Gasteiger partial charge in [-0.05, 0) is 49.9 Å². The van der Waals surface area contributed by atoms with E-state index in [0.717, 1.165) is 23.1 Å². The first kappa shape index (κ1) is 21.5. The molecule has 2 aromatic carbocycles. The summed E-state index contributed by atoms with van der Waals surface area (Å²) in [4.78, 5) is 27.1. The van der Waals surface area contributed by atoms with Crippen molar-refractivity contribution < 1.29 is 14.3 Å². The predicted octanol–water partition coefficient (Wildman–Crippen LogP) is 3.63. The molecule has 1 atom stereocenters. The Hall–Kier alpha value is -2.82. The number of ether oxygens (including phenoxy) is 1. The molecule has 0 radical (unpaired) electrons. The van der Waals surface area contributed by atoms with E-state index in [1.165, 1.54) is 0 Å². The zero-order valence-electron chi connectivity index (χ0n) is 17.2. The molecule has 5 nitrogen and oxygen atoms in total. The number of carbonyl (C=O) groups is 2. The highest BCUT2D eigenvalue weighted by Gasteiger charge is 2.26. The maximum Gasteiger partial charge on any atom is 0.261 e. The molecule has 2 rings (SSSR count). The van der Waals surface area contributed by atoms with E-state index in [0.29, 0.717) is 18.8 Å². The number of para-hydroxylation sites is 1. The van der Waals surface area contributed by atoms with Gasteiger partial charge in [0, 0.05) is 13.1 Å². The fourth-order valence-electron chi connectivity index (χ4n) is 2.89. The standard InChI is InChI=1S/C23H30N2O3/c1-5-14-24-23(27)19(4)25(15-20-12-8-6-10-17(20)2)22(26)16-28-21-13-9-7-11-18(21)3/h6-13,19H,5,14-16H2,1-4H3,(H,24,27). The lowest BCUT2D eigenvalue weighted by molar-refractivity contribution is -0.142. The highest BCUT2D eigenvalue weighted by Crippen LogP contribution is 2.18. The summed E-state index contributed by atoms with van der Waals surface area (Å²) in [7, 11) is 0. The zero-order chi connectivity index (χ0) is 20.5. The molecule has 0 spiro atoms. The Morgan fingerprint density at radius 2 is 1.68 bits per heavy atom. The predicted molar refractivity (Wildman–Crippen MR) is 111 cm³/mol. The average Bonchev–Trinajstić information content (AvgIpc) is 2.70. The van der Waals surface area contributed by atoms with Gasteiger partial charge >= 0.3 is 0 Å². The van der Waals surface area contributed by atoms with E-state index in [4.69, 9.17) is 4.74 Å². The molecule has 0 fully saturated rings. The number of nitrogens with one attached hydrogen (secondary N) is 1. The van der Waals surface area contributed by atoms with Gasteiger partial charge in [0.2, 0.25) is 5.91 Å². The maximum atomic E-state index is 13.0. The highest BCUT2D eigenvalue weighted by molar-refractivity contribution is 5.88. The SMILES string of the molecule is CCCNC(=O)C(C)N(Cc1ccccc1C)C(=O)COc1ccccc1C. The number of hydrogen-bond donors (Lipinski definition) is 1. The molecular weight excluding hydrogens is 352 g/mol. The molecule has 0 aliphatic carbocycles. The summed E-state index contributed by atoms with van der Waals surface area (Å²) in [6, 6.07) is 14.9. The number of aryl methyl sites for hydroxylation is 2. The van der Waals surface area contributed by atoms with Crippen LogP contribution >= 0.6 is 0 Å². The summed E-state index contributed by atoms with van der Waals surface area (Å²) >= 11 is 0. The first-order valence-corrected chi connectivity index (χ1v) is 9.74. The van der Waals surface area contributed by atoms with E-state index in [1.54, 1.807) is 11.8 Å². The fraction of sp³-hybridized carbons (Fsp3) is 0.391. The maximum absolute atomic E-state index is 13.0. The Morgan fingerprint density at radius 1 is 1.04 bits per heavy atom. The Kier molecular flexibility index (Phi) is 8.05. The number of hydrogen-bond acceptors (Lipinski definition) is 3. The lowest BCUT2D eigenvalue weighted by Crippen LogP contribution is -2.49. The summed E-state index contributed by atoms with van der Waals surface area (Å²) in [5.74, 6) is 0.306. The van der Waals surface area contributed by atoms with Crippen LogP contribution in [0.15, 0.2) is 48.5 Å². The van der Waals surface area contributed by atoms with Crippen molar-refractivity contribution in [2.45, 2.75) is 46.7 Å². The molecule has 2 aromatic rings. The van der Waals surface area contributed by atoms with Crippen molar-refractivity contribution in [3.05, 3.63) is 65.2 Å². The summed E-state index contributed by atoms with van der Waals surface area (Å²) in [5, 5.41) is 2.88. The molecule has 150 valence electrons. The van der Waals surface area contributed by atoms with Gasteiger partial charge < -0.3 is 15.0 Å². The van der Waals surface area contributed by atoms with Crippen molar-refractivity contribution in [1.29, 1.82) is 0 Å². The van der Waals surface area contributed by atoms with Crippen molar-refractivity contribution >= 4 is 11.8 Å². The molecule has 0 saturated heterocycles. The molecule has 1 unspecified atom stereocenters. The van der Waals surface area contributed by atoms with Gasteiger partial charge in [0.25, 0.3) is 5.91 Å². The largest absolute Gasteiger partial charge is 0.484 e. The van der Waals surface area contributed by atoms with Crippen molar-refractivity contribution in [1.82, 2.24) is 10.2 Å². The molecule has 1 N–H and O–H groups in total. The molecule has 0 aliphatic heterocycles. The van der Waals surface area contributed by atoms with Gasteiger partial charge in [-0.2, -0.15) is 0 Å². The first-order chi connectivity index (χ1) is 13.4. The van der Waals surface area contributed by atoms with Crippen LogP contribution in [0.4, 0.5) is 0 Å². The van der Waals surface area contributed by atoms with Crippen LogP contribution in [0, 0.1) is 13.8 Å². The number of benzene rings is 2. The minimum absolute atomic E-state index is 0.109. The van der Waals surface area contributed by atoms with Gasteiger partial charge in [-0.25, -0.2) is 0 Å². The fourth-order valence-corrected chi connectivity index (χ4v) is 2.89. The first-order valence-electron chi connectivity index (χ1n) is 9.74. The van der Waals surface area contributed by atoms with Gasteiger partial charge in [-0.15, -0.1) is 0 Å². The summed E-state index contributed by atoms with van der Waals surface area (Å²) < 4.78 is 5.74. The zero-order valence-corrected chi connectivity index (χ0v) is 17.2. The van der Waals surface area contributed by atoms with Crippen LogP contribution in [0.2, 0.25) is 0 Å². The molecule has 0 aliphatic rings. The Labute approximate surface area is 167 Å². The van der Waals surface area contributed by atoms with E-state index in [-0.39, 0.29) is 18.4 Å². The normalized spacial score (nSPS) is 11.6.